The first-order valence-electron chi connectivity index (χ1n) is 8.89. The molecule has 3 N–H and O–H groups in total. The van der Waals surface area contributed by atoms with Crippen LogP contribution in [0.4, 0.5) is 23.0 Å². The van der Waals surface area contributed by atoms with Gasteiger partial charge in [0.05, 0.1) is 7.11 Å². The van der Waals surface area contributed by atoms with E-state index in [1.165, 1.54) is 6.92 Å². The molecule has 0 spiro atoms. The third-order valence-electron chi connectivity index (χ3n) is 3.90. The molecule has 148 valence electrons. The number of benzene rings is 2. The predicted molar refractivity (Wildman–Crippen MR) is 112 cm³/mol. The molecule has 29 heavy (non-hydrogen) atoms. The Hall–Kier alpha value is -3.94. The Balaban J connectivity index is 1.72. The summed E-state index contributed by atoms with van der Waals surface area (Å²) in [5, 5.41) is 8.54. The maximum atomic E-state index is 12.6. The summed E-state index contributed by atoms with van der Waals surface area (Å²) in [5.41, 5.74) is 2.90. The van der Waals surface area contributed by atoms with E-state index in [4.69, 9.17) is 4.74 Å². The maximum absolute atomic E-state index is 12.6. The molecule has 0 atom stereocenters. The molecule has 1 heterocycles. The molecule has 1 aromatic heterocycles. The highest BCUT2D eigenvalue weighted by Crippen LogP contribution is 2.19. The van der Waals surface area contributed by atoms with Crippen LogP contribution in [0, 0.1) is 6.92 Å². The van der Waals surface area contributed by atoms with Crippen LogP contribution in [0.15, 0.2) is 54.6 Å². The number of hydrogen-bond donors (Lipinski definition) is 3. The van der Waals surface area contributed by atoms with Crippen molar-refractivity contribution in [3.8, 4) is 5.75 Å². The van der Waals surface area contributed by atoms with Gasteiger partial charge in [-0.05, 0) is 61.5 Å². The smallest absolute Gasteiger partial charge is 0.274 e. The highest BCUT2D eigenvalue weighted by molar-refractivity contribution is 6.03. The van der Waals surface area contributed by atoms with Gasteiger partial charge in [0.1, 0.15) is 11.4 Å². The standard InChI is InChI=1S/C21H21N5O3/c1-13-12-19(20(28)24-16-6-4-15(5-7-16)23-14(2)27)26-21(22-13)25-17-8-10-18(29-3)11-9-17/h4-12H,1-3H3,(H,23,27)(H,24,28)(H,22,25,26). The number of aromatic nitrogens is 2. The number of hydrogen-bond acceptors (Lipinski definition) is 6. The highest BCUT2D eigenvalue weighted by Gasteiger charge is 2.11. The summed E-state index contributed by atoms with van der Waals surface area (Å²) in [7, 11) is 1.60. The Morgan fingerprint density at radius 2 is 1.45 bits per heavy atom. The summed E-state index contributed by atoms with van der Waals surface area (Å²) in [6.45, 7) is 3.23. The minimum absolute atomic E-state index is 0.157. The fourth-order valence-corrected chi connectivity index (χ4v) is 2.58. The van der Waals surface area contributed by atoms with E-state index in [0.717, 1.165) is 11.4 Å². The number of rotatable bonds is 6. The van der Waals surface area contributed by atoms with E-state index < -0.39 is 0 Å². The highest BCUT2D eigenvalue weighted by atomic mass is 16.5. The normalized spacial score (nSPS) is 10.2. The van der Waals surface area contributed by atoms with Crippen molar-refractivity contribution in [1.29, 1.82) is 0 Å². The molecule has 0 saturated carbocycles. The van der Waals surface area contributed by atoms with Crippen LogP contribution in [-0.4, -0.2) is 28.9 Å². The van der Waals surface area contributed by atoms with Gasteiger partial charge in [-0.15, -0.1) is 0 Å². The molecule has 2 aromatic carbocycles. The van der Waals surface area contributed by atoms with Crippen LogP contribution >= 0.6 is 0 Å². The van der Waals surface area contributed by atoms with Crippen molar-refractivity contribution >= 4 is 34.8 Å². The second kappa shape index (κ2) is 8.83. The van der Waals surface area contributed by atoms with Crippen LogP contribution in [0.25, 0.3) is 0 Å². The number of carbonyl (C=O) groups is 2. The van der Waals surface area contributed by atoms with Gasteiger partial charge in [0.25, 0.3) is 5.91 Å². The number of nitrogens with one attached hydrogen (secondary N) is 3. The number of carbonyl (C=O) groups excluding carboxylic acids is 2. The minimum atomic E-state index is -0.361. The molecule has 0 radical (unpaired) electrons. The Morgan fingerprint density at radius 1 is 0.862 bits per heavy atom. The zero-order valence-corrected chi connectivity index (χ0v) is 16.3. The lowest BCUT2D eigenvalue weighted by atomic mass is 10.2. The van der Waals surface area contributed by atoms with Crippen molar-refractivity contribution in [2.24, 2.45) is 0 Å². The minimum Gasteiger partial charge on any atom is -0.497 e. The second-order valence-electron chi connectivity index (χ2n) is 6.28. The van der Waals surface area contributed by atoms with E-state index in [9.17, 15) is 9.59 Å². The van der Waals surface area contributed by atoms with Crippen molar-refractivity contribution in [1.82, 2.24) is 9.97 Å². The number of aryl methyl sites for hydroxylation is 1. The number of ether oxygens (including phenoxy) is 1. The lowest BCUT2D eigenvalue weighted by Crippen LogP contribution is -2.15. The maximum Gasteiger partial charge on any atom is 0.274 e. The SMILES string of the molecule is COc1ccc(Nc2nc(C)cc(C(=O)Nc3ccc(NC(C)=O)cc3)n2)cc1. The molecule has 8 heteroatoms. The van der Waals surface area contributed by atoms with E-state index >= 15 is 0 Å². The Bertz CT molecular complexity index is 1020. The average molecular weight is 391 g/mol. The summed E-state index contributed by atoms with van der Waals surface area (Å²) in [5.74, 6) is 0.544. The molecule has 0 aliphatic heterocycles. The van der Waals surface area contributed by atoms with Crippen molar-refractivity contribution in [2.75, 3.05) is 23.1 Å². The summed E-state index contributed by atoms with van der Waals surface area (Å²) in [6.07, 6.45) is 0. The van der Waals surface area contributed by atoms with E-state index in [1.54, 1.807) is 44.4 Å². The van der Waals surface area contributed by atoms with Crippen LogP contribution in [-0.2, 0) is 4.79 Å². The number of nitrogens with zero attached hydrogens (tertiary/aromatic N) is 2. The zero-order valence-electron chi connectivity index (χ0n) is 16.3. The van der Waals surface area contributed by atoms with Crippen LogP contribution in [0.1, 0.15) is 23.1 Å². The summed E-state index contributed by atoms with van der Waals surface area (Å²) >= 11 is 0. The van der Waals surface area contributed by atoms with Crippen molar-refractivity contribution in [3.63, 3.8) is 0 Å². The van der Waals surface area contributed by atoms with Gasteiger partial charge < -0.3 is 20.7 Å². The molecule has 8 nitrogen and oxygen atoms in total. The van der Waals surface area contributed by atoms with Gasteiger partial charge in [-0.1, -0.05) is 0 Å². The van der Waals surface area contributed by atoms with Gasteiger partial charge in [0, 0.05) is 29.7 Å². The topological polar surface area (TPSA) is 105 Å². The molecule has 0 fully saturated rings. The Kier molecular flexibility index (Phi) is 6.03. The van der Waals surface area contributed by atoms with Crippen molar-refractivity contribution in [2.45, 2.75) is 13.8 Å². The molecule has 0 saturated heterocycles. The Labute approximate surface area is 168 Å². The van der Waals surface area contributed by atoms with Crippen LogP contribution in [0.5, 0.6) is 5.75 Å². The predicted octanol–water partition coefficient (Wildman–Crippen LogP) is 3.75. The van der Waals surface area contributed by atoms with Gasteiger partial charge in [-0.2, -0.15) is 0 Å². The first kappa shape index (κ1) is 19.8. The summed E-state index contributed by atoms with van der Waals surface area (Å²) in [6, 6.07) is 15.7. The van der Waals surface area contributed by atoms with Crippen LogP contribution in [0.3, 0.4) is 0 Å². The fraction of sp³-hybridized carbons (Fsp3) is 0.143. The second-order valence-corrected chi connectivity index (χ2v) is 6.28. The molecule has 0 bridgehead atoms. The van der Waals surface area contributed by atoms with E-state index in [2.05, 4.69) is 25.9 Å². The fourth-order valence-electron chi connectivity index (χ4n) is 2.58. The largest absolute Gasteiger partial charge is 0.497 e. The third kappa shape index (κ3) is 5.52. The lowest BCUT2D eigenvalue weighted by molar-refractivity contribution is -0.114. The van der Waals surface area contributed by atoms with Crippen LogP contribution in [0.2, 0.25) is 0 Å². The number of amides is 2. The number of anilines is 4. The van der Waals surface area contributed by atoms with Crippen molar-refractivity contribution in [3.05, 3.63) is 66.0 Å². The molecule has 2 amide bonds. The quantitative estimate of drug-likeness (QED) is 0.591. The van der Waals surface area contributed by atoms with Crippen molar-refractivity contribution < 1.29 is 14.3 Å². The average Bonchev–Trinajstić information content (AvgIpc) is 2.69. The molecule has 0 aliphatic rings. The third-order valence-corrected chi connectivity index (χ3v) is 3.90. The van der Waals surface area contributed by atoms with Gasteiger partial charge in [-0.25, -0.2) is 9.97 Å². The number of methoxy groups -OCH3 is 1. The van der Waals surface area contributed by atoms with Crippen LogP contribution < -0.4 is 20.7 Å². The summed E-state index contributed by atoms with van der Waals surface area (Å²) in [4.78, 5) is 32.3. The van der Waals surface area contributed by atoms with E-state index in [-0.39, 0.29) is 17.5 Å². The Morgan fingerprint density at radius 3 is 2.03 bits per heavy atom. The van der Waals surface area contributed by atoms with E-state index in [1.807, 2.05) is 24.3 Å². The lowest BCUT2D eigenvalue weighted by Gasteiger charge is -2.10. The zero-order chi connectivity index (χ0) is 20.8. The first-order valence-corrected chi connectivity index (χ1v) is 8.89. The molecular formula is C21H21N5O3. The van der Waals surface area contributed by atoms with Gasteiger partial charge in [0.15, 0.2) is 0 Å². The van der Waals surface area contributed by atoms with Gasteiger partial charge in [0.2, 0.25) is 11.9 Å². The van der Waals surface area contributed by atoms with Gasteiger partial charge in [-0.3, -0.25) is 9.59 Å². The molecule has 3 aromatic rings. The van der Waals surface area contributed by atoms with Gasteiger partial charge >= 0.3 is 0 Å². The van der Waals surface area contributed by atoms with E-state index in [0.29, 0.717) is 23.0 Å². The molecule has 0 unspecified atom stereocenters. The summed E-state index contributed by atoms with van der Waals surface area (Å²) < 4.78 is 5.14. The molecular weight excluding hydrogens is 370 g/mol. The molecule has 3 rings (SSSR count). The molecule has 0 aliphatic carbocycles. The first-order chi connectivity index (χ1) is 13.9. The monoisotopic (exact) mass is 391 g/mol.